The lowest BCUT2D eigenvalue weighted by Gasteiger charge is -2.12. The molecule has 17 heavy (non-hydrogen) atoms. The Balaban J connectivity index is 2.17. The van der Waals surface area contributed by atoms with Gasteiger partial charge in [0.1, 0.15) is 17.8 Å². The molecule has 6 heteroatoms. The number of aromatic nitrogens is 3. The second kappa shape index (κ2) is 5.11. The summed E-state index contributed by atoms with van der Waals surface area (Å²) in [5.41, 5.74) is 6.56. The van der Waals surface area contributed by atoms with Crippen LogP contribution in [0.25, 0.3) is 11.0 Å². The summed E-state index contributed by atoms with van der Waals surface area (Å²) in [4.78, 5) is 8.14. The maximum atomic E-state index is 9.03. The molecular weight excluding hydrogens is 220 g/mol. The Labute approximate surface area is 99.0 Å². The van der Waals surface area contributed by atoms with Gasteiger partial charge in [0.25, 0.3) is 0 Å². The highest BCUT2D eigenvalue weighted by atomic mass is 16.5. The van der Waals surface area contributed by atoms with Gasteiger partial charge in [0.05, 0.1) is 18.1 Å². The summed E-state index contributed by atoms with van der Waals surface area (Å²) >= 11 is 0. The number of fused-ring (bicyclic) bond motifs is 1. The number of nitrogen functional groups attached to an aromatic ring is 1. The van der Waals surface area contributed by atoms with Crippen molar-refractivity contribution in [3.63, 3.8) is 0 Å². The van der Waals surface area contributed by atoms with Crippen LogP contribution in [0.15, 0.2) is 18.6 Å². The summed E-state index contributed by atoms with van der Waals surface area (Å²) < 4.78 is 7.09. The van der Waals surface area contributed by atoms with Crippen LogP contribution in [0.2, 0.25) is 0 Å². The zero-order valence-corrected chi connectivity index (χ0v) is 9.71. The number of hydrogen-bond donors (Lipinski definition) is 2. The molecule has 0 aliphatic heterocycles. The van der Waals surface area contributed by atoms with Crippen LogP contribution < -0.4 is 5.73 Å². The number of anilines is 1. The third kappa shape index (κ3) is 2.37. The number of aryl methyl sites for hydroxylation is 1. The Morgan fingerprint density at radius 3 is 3.06 bits per heavy atom. The molecule has 1 atom stereocenters. The van der Waals surface area contributed by atoms with Crippen molar-refractivity contribution >= 4 is 16.9 Å². The molecule has 0 saturated heterocycles. The van der Waals surface area contributed by atoms with Crippen molar-refractivity contribution in [3.05, 3.63) is 18.6 Å². The minimum absolute atomic E-state index is 0.0207. The summed E-state index contributed by atoms with van der Waals surface area (Å²) in [7, 11) is 1.59. The van der Waals surface area contributed by atoms with Crippen LogP contribution in [0, 0.1) is 0 Å². The van der Waals surface area contributed by atoms with E-state index in [-0.39, 0.29) is 12.7 Å². The molecule has 92 valence electrons. The molecule has 0 spiro atoms. The van der Waals surface area contributed by atoms with Crippen molar-refractivity contribution in [2.45, 2.75) is 19.1 Å². The molecule has 2 rings (SSSR count). The Bertz CT molecular complexity index is 493. The third-order valence-corrected chi connectivity index (χ3v) is 2.82. The summed E-state index contributed by atoms with van der Waals surface area (Å²) in [5.74, 6) is 0.485. The van der Waals surface area contributed by atoms with Crippen LogP contribution in [0.4, 0.5) is 5.82 Å². The Morgan fingerprint density at radius 1 is 1.53 bits per heavy atom. The largest absolute Gasteiger partial charge is 0.394 e. The molecule has 3 N–H and O–H groups in total. The van der Waals surface area contributed by atoms with E-state index in [4.69, 9.17) is 15.6 Å². The van der Waals surface area contributed by atoms with E-state index in [1.807, 2.05) is 16.8 Å². The summed E-state index contributed by atoms with van der Waals surface area (Å²) in [6, 6.07) is 1.89. The van der Waals surface area contributed by atoms with E-state index in [0.29, 0.717) is 5.82 Å². The molecule has 0 amide bonds. The summed E-state index contributed by atoms with van der Waals surface area (Å²) in [5, 5.41) is 9.88. The molecule has 0 aromatic carbocycles. The zero-order chi connectivity index (χ0) is 12.3. The lowest BCUT2D eigenvalue weighted by atomic mass is 10.2. The first-order valence-corrected chi connectivity index (χ1v) is 5.45. The lowest BCUT2D eigenvalue weighted by Crippen LogP contribution is -2.18. The van der Waals surface area contributed by atoms with Crippen molar-refractivity contribution in [2.75, 3.05) is 19.5 Å². The predicted molar refractivity (Wildman–Crippen MR) is 64.4 cm³/mol. The van der Waals surface area contributed by atoms with Crippen LogP contribution in [0.1, 0.15) is 6.42 Å². The Hall–Kier alpha value is -1.66. The second-order valence-electron chi connectivity index (χ2n) is 3.83. The average Bonchev–Trinajstić information content (AvgIpc) is 2.75. The van der Waals surface area contributed by atoms with Crippen LogP contribution in [0.5, 0.6) is 0 Å². The second-order valence-corrected chi connectivity index (χ2v) is 3.83. The van der Waals surface area contributed by atoms with Gasteiger partial charge in [-0.25, -0.2) is 9.97 Å². The van der Waals surface area contributed by atoms with Gasteiger partial charge in [0.15, 0.2) is 0 Å². The highest BCUT2D eigenvalue weighted by Gasteiger charge is 2.09. The van der Waals surface area contributed by atoms with Gasteiger partial charge in [-0.1, -0.05) is 0 Å². The molecule has 0 saturated carbocycles. The fourth-order valence-corrected chi connectivity index (χ4v) is 1.77. The van der Waals surface area contributed by atoms with Gasteiger partial charge in [0, 0.05) is 19.9 Å². The molecule has 0 bridgehead atoms. The minimum Gasteiger partial charge on any atom is -0.394 e. The van der Waals surface area contributed by atoms with E-state index in [9.17, 15) is 0 Å². The van der Waals surface area contributed by atoms with Crippen LogP contribution >= 0.6 is 0 Å². The van der Waals surface area contributed by atoms with E-state index in [1.54, 1.807) is 7.11 Å². The molecule has 2 aromatic rings. The monoisotopic (exact) mass is 236 g/mol. The quantitative estimate of drug-likeness (QED) is 0.785. The highest BCUT2D eigenvalue weighted by molar-refractivity contribution is 5.85. The number of nitrogens with zero attached hydrogens (tertiary/aromatic N) is 3. The van der Waals surface area contributed by atoms with Crippen LogP contribution in [0.3, 0.4) is 0 Å². The standard InChI is InChI=1S/C11H16N4O2/c1-17-8(6-16)2-4-15-5-3-9-10(12)13-7-14-11(9)15/h3,5,7-8,16H,2,4,6H2,1H3,(H2,12,13,14). The van der Waals surface area contributed by atoms with Gasteiger partial charge in [-0.15, -0.1) is 0 Å². The predicted octanol–water partition coefficient (Wildman–Crippen LogP) is 0.411. The average molecular weight is 236 g/mol. The van der Waals surface area contributed by atoms with Gasteiger partial charge >= 0.3 is 0 Å². The maximum Gasteiger partial charge on any atom is 0.145 e. The van der Waals surface area contributed by atoms with E-state index in [1.165, 1.54) is 6.33 Å². The number of aliphatic hydroxyl groups is 1. The lowest BCUT2D eigenvalue weighted by molar-refractivity contribution is 0.0405. The molecule has 2 heterocycles. The van der Waals surface area contributed by atoms with Gasteiger partial charge in [-0.3, -0.25) is 0 Å². The molecule has 0 radical (unpaired) electrons. The summed E-state index contributed by atoms with van der Waals surface area (Å²) in [6.07, 6.45) is 3.95. The number of hydrogen-bond acceptors (Lipinski definition) is 5. The third-order valence-electron chi connectivity index (χ3n) is 2.82. The van der Waals surface area contributed by atoms with E-state index < -0.39 is 0 Å². The number of rotatable bonds is 5. The zero-order valence-electron chi connectivity index (χ0n) is 9.71. The first-order chi connectivity index (χ1) is 8.26. The van der Waals surface area contributed by atoms with E-state index in [2.05, 4.69) is 9.97 Å². The normalized spacial score (nSPS) is 13.1. The number of methoxy groups -OCH3 is 1. The van der Waals surface area contributed by atoms with Gasteiger partial charge in [-0.2, -0.15) is 0 Å². The molecule has 0 aliphatic carbocycles. The molecular formula is C11H16N4O2. The SMILES string of the molecule is COC(CO)CCn1ccc2c(N)ncnc21. The molecule has 1 unspecified atom stereocenters. The van der Waals surface area contributed by atoms with Crippen LogP contribution in [-0.4, -0.2) is 39.5 Å². The molecule has 2 aromatic heterocycles. The number of nitrogens with two attached hydrogens (primary N) is 1. The van der Waals surface area contributed by atoms with Gasteiger partial charge in [-0.05, 0) is 12.5 Å². The van der Waals surface area contributed by atoms with Gasteiger partial charge in [0.2, 0.25) is 0 Å². The number of ether oxygens (including phenoxy) is 1. The van der Waals surface area contributed by atoms with E-state index >= 15 is 0 Å². The summed E-state index contributed by atoms with van der Waals surface area (Å²) in [6.45, 7) is 0.742. The van der Waals surface area contributed by atoms with Crippen molar-refractivity contribution in [1.82, 2.24) is 14.5 Å². The maximum absolute atomic E-state index is 9.03. The fraction of sp³-hybridized carbons (Fsp3) is 0.455. The van der Waals surface area contributed by atoms with Crippen molar-refractivity contribution in [3.8, 4) is 0 Å². The van der Waals surface area contributed by atoms with Gasteiger partial charge < -0.3 is 20.1 Å². The highest BCUT2D eigenvalue weighted by Crippen LogP contribution is 2.18. The van der Waals surface area contributed by atoms with Crippen molar-refractivity contribution in [2.24, 2.45) is 0 Å². The van der Waals surface area contributed by atoms with Crippen LogP contribution in [-0.2, 0) is 11.3 Å². The first kappa shape index (κ1) is 11.8. The Kier molecular flexibility index (Phi) is 3.55. The molecule has 0 aliphatic rings. The minimum atomic E-state index is -0.147. The molecule has 6 nitrogen and oxygen atoms in total. The topological polar surface area (TPSA) is 86.2 Å². The van der Waals surface area contributed by atoms with E-state index in [0.717, 1.165) is 24.0 Å². The molecule has 0 fully saturated rings. The smallest absolute Gasteiger partial charge is 0.145 e. The van der Waals surface area contributed by atoms with Crippen molar-refractivity contribution in [1.29, 1.82) is 0 Å². The first-order valence-electron chi connectivity index (χ1n) is 5.45. The fourth-order valence-electron chi connectivity index (χ4n) is 1.77. The number of aliphatic hydroxyl groups excluding tert-OH is 1. The Morgan fingerprint density at radius 2 is 2.35 bits per heavy atom. The van der Waals surface area contributed by atoms with Crippen molar-refractivity contribution < 1.29 is 9.84 Å².